The van der Waals surface area contributed by atoms with E-state index in [2.05, 4.69) is 4.99 Å². The zero-order valence-corrected chi connectivity index (χ0v) is 6.11. The monoisotopic (exact) mass is 143 g/mol. The fraction of sp³-hybridized carbons (Fsp3) is 0.600. The van der Waals surface area contributed by atoms with Crippen molar-refractivity contribution in [3.05, 3.63) is 0 Å². The third kappa shape index (κ3) is 5.18. The van der Waals surface area contributed by atoms with Crippen LogP contribution in [0.5, 0.6) is 0 Å². The molecule has 0 saturated carbocycles. The predicted octanol–water partition coefficient (Wildman–Crippen LogP) is 0.578. The normalized spacial score (nSPS) is 10.9. The smallest absolute Gasteiger partial charge is 0.154 e. The first-order valence-electron chi connectivity index (χ1n) is 2.61. The quantitative estimate of drug-likeness (QED) is 0.454. The number of aliphatic imine (C=N–C) groups is 1. The Morgan fingerprint density at radius 3 is 3.00 bits per heavy atom. The van der Waals surface area contributed by atoms with Crippen molar-refractivity contribution in [1.29, 1.82) is 5.26 Å². The zero-order chi connectivity index (χ0) is 7.11. The van der Waals surface area contributed by atoms with Crippen LogP contribution in [0.3, 0.4) is 0 Å². The summed E-state index contributed by atoms with van der Waals surface area (Å²) < 4.78 is 0. The van der Waals surface area contributed by atoms with Crippen LogP contribution in [0.1, 0.15) is 6.92 Å². The van der Waals surface area contributed by atoms with Gasteiger partial charge in [-0.1, -0.05) is 11.8 Å². The first-order chi connectivity index (χ1) is 4.31. The number of amidine groups is 1. The lowest BCUT2D eigenvalue weighted by Crippen LogP contribution is -2.07. The van der Waals surface area contributed by atoms with Gasteiger partial charge >= 0.3 is 0 Å². The third-order valence-corrected chi connectivity index (χ3v) is 1.30. The van der Waals surface area contributed by atoms with Gasteiger partial charge in [0.2, 0.25) is 0 Å². The summed E-state index contributed by atoms with van der Waals surface area (Å²) in [5.74, 6) is 0.384. The minimum absolute atomic E-state index is 0.384. The first kappa shape index (κ1) is 8.31. The average molecular weight is 143 g/mol. The van der Waals surface area contributed by atoms with E-state index in [-0.39, 0.29) is 0 Å². The van der Waals surface area contributed by atoms with Gasteiger partial charge in [-0.3, -0.25) is 4.99 Å². The van der Waals surface area contributed by atoms with Gasteiger partial charge in [-0.25, -0.2) is 0 Å². The number of nitrogens with two attached hydrogens (primary N) is 1. The van der Waals surface area contributed by atoms with Crippen molar-refractivity contribution in [2.45, 2.75) is 6.92 Å². The first-order valence-corrected chi connectivity index (χ1v) is 3.59. The van der Waals surface area contributed by atoms with E-state index in [0.29, 0.717) is 17.5 Å². The Labute approximate surface area is 58.9 Å². The van der Waals surface area contributed by atoms with Crippen LogP contribution in [0.4, 0.5) is 0 Å². The van der Waals surface area contributed by atoms with Crippen molar-refractivity contribution in [3.63, 3.8) is 0 Å². The van der Waals surface area contributed by atoms with Crippen LogP contribution < -0.4 is 5.73 Å². The molecule has 50 valence electrons. The molecule has 0 aromatic rings. The van der Waals surface area contributed by atoms with Gasteiger partial charge in [0.15, 0.2) is 5.17 Å². The third-order valence-electron chi connectivity index (χ3n) is 0.599. The second-order valence-electron chi connectivity index (χ2n) is 1.26. The van der Waals surface area contributed by atoms with Gasteiger partial charge in [0, 0.05) is 6.54 Å². The molecule has 0 saturated heterocycles. The van der Waals surface area contributed by atoms with Crippen molar-refractivity contribution in [3.8, 4) is 6.07 Å². The molecule has 0 unspecified atom stereocenters. The number of rotatable bonds is 2. The lowest BCUT2D eigenvalue weighted by atomic mass is 10.8. The molecule has 0 rings (SSSR count). The molecule has 0 fully saturated rings. The van der Waals surface area contributed by atoms with Gasteiger partial charge in [-0.15, -0.1) is 0 Å². The van der Waals surface area contributed by atoms with Crippen LogP contribution in [-0.4, -0.2) is 17.5 Å². The standard InChI is InChI=1S/C5H9N3S/c1-2-8-5(7)9-4-3-6/h2,4H2,1H3,(H2,7,8). The molecule has 2 N–H and O–H groups in total. The van der Waals surface area contributed by atoms with E-state index in [0.717, 1.165) is 0 Å². The van der Waals surface area contributed by atoms with Crippen LogP contribution in [0.2, 0.25) is 0 Å². The molecule has 0 bridgehead atoms. The maximum absolute atomic E-state index is 8.10. The summed E-state index contributed by atoms with van der Waals surface area (Å²) in [6, 6.07) is 1.96. The minimum Gasteiger partial charge on any atom is -0.379 e. The maximum Gasteiger partial charge on any atom is 0.154 e. The van der Waals surface area contributed by atoms with Gasteiger partial charge in [0.1, 0.15) is 0 Å². The Bertz CT molecular complexity index is 136. The second-order valence-corrected chi connectivity index (χ2v) is 2.25. The van der Waals surface area contributed by atoms with Crippen molar-refractivity contribution in [1.82, 2.24) is 0 Å². The molecule has 0 radical (unpaired) electrons. The van der Waals surface area contributed by atoms with Crippen LogP contribution in [0.25, 0.3) is 0 Å². The molecule has 9 heavy (non-hydrogen) atoms. The predicted molar refractivity (Wildman–Crippen MR) is 40.2 cm³/mol. The highest BCUT2D eigenvalue weighted by molar-refractivity contribution is 8.13. The van der Waals surface area contributed by atoms with E-state index in [1.807, 2.05) is 13.0 Å². The van der Waals surface area contributed by atoms with Crippen LogP contribution >= 0.6 is 11.8 Å². The molecule has 0 spiro atoms. The summed E-state index contributed by atoms with van der Waals surface area (Å²) in [5.41, 5.74) is 5.33. The molecule has 4 heteroatoms. The van der Waals surface area contributed by atoms with Gasteiger partial charge in [-0.05, 0) is 6.92 Å². The molecule has 0 aromatic carbocycles. The van der Waals surface area contributed by atoms with Crippen LogP contribution in [0.15, 0.2) is 4.99 Å². The van der Waals surface area contributed by atoms with Crippen LogP contribution in [-0.2, 0) is 0 Å². The van der Waals surface area contributed by atoms with Gasteiger partial charge in [0.25, 0.3) is 0 Å². The Morgan fingerprint density at radius 1 is 1.89 bits per heavy atom. The number of nitrogens with zero attached hydrogens (tertiary/aromatic N) is 2. The summed E-state index contributed by atoms with van der Waals surface area (Å²) in [7, 11) is 0. The summed E-state index contributed by atoms with van der Waals surface area (Å²) in [4.78, 5) is 3.87. The average Bonchev–Trinajstić information content (AvgIpc) is 1.85. The Morgan fingerprint density at radius 2 is 2.56 bits per heavy atom. The van der Waals surface area contributed by atoms with Gasteiger partial charge in [0.05, 0.1) is 11.8 Å². The summed E-state index contributed by atoms with van der Waals surface area (Å²) in [6.07, 6.45) is 0. The van der Waals surface area contributed by atoms with Crippen LogP contribution in [0, 0.1) is 11.3 Å². The van der Waals surface area contributed by atoms with E-state index in [9.17, 15) is 0 Å². The lowest BCUT2D eigenvalue weighted by Gasteiger charge is -1.91. The van der Waals surface area contributed by atoms with E-state index in [1.54, 1.807) is 0 Å². The van der Waals surface area contributed by atoms with Gasteiger partial charge < -0.3 is 5.73 Å². The molecule has 0 atom stereocenters. The summed E-state index contributed by atoms with van der Waals surface area (Å²) >= 11 is 1.27. The Hall–Kier alpha value is -0.690. The molecule has 0 aromatic heterocycles. The number of hydrogen-bond acceptors (Lipinski definition) is 3. The van der Waals surface area contributed by atoms with Crippen molar-refractivity contribution in [2.75, 3.05) is 12.3 Å². The van der Waals surface area contributed by atoms with E-state index in [1.165, 1.54) is 11.8 Å². The van der Waals surface area contributed by atoms with E-state index < -0.39 is 0 Å². The minimum atomic E-state index is 0.384. The largest absolute Gasteiger partial charge is 0.379 e. The fourth-order valence-electron chi connectivity index (χ4n) is 0.308. The topological polar surface area (TPSA) is 62.2 Å². The number of hydrogen-bond donors (Lipinski definition) is 1. The fourth-order valence-corrected chi connectivity index (χ4v) is 0.741. The molecular formula is C5H9N3S. The Kier molecular flexibility index (Phi) is 5.03. The second kappa shape index (κ2) is 5.45. The molecular weight excluding hydrogens is 134 g/mol. The highest BCUT2D eigenvalue weighted by Gasteiger charge is 1.88. The SMILES string of the molecule is CCN=C(N)SCC#N. The molecule has 0 amide bonds. The van der Waals surface area contributed by atoms with Gasteiger partial charge in [-0.2, -0.15) is 5.26 Å². The number of nitriles is 1. The lowest BCUT2D eigenvalue weighted by molar-refractivity contribution is 1.13. The Balaban J connectivity index is 3.40. The number of thioether (sulfide) groups is 1. The summed E-state index contributed by atoms with van der Waals surface area (Å²) in [6.45, 7) is 2.59. The van der Waals surface area contributed by atoms with Crippen molar-refractivity contribution in [2.24, 2.45) is 10.7 Å². The van der Waals surface area contributed by atoms with E-state index in [4.69, 9.17) is 11.0 Å². The molecule has 0 aliphatic heterocycles. The molecule has 3 nitrogen and oxygen atoms in total. The van der Waals surface area contributed by atoms with Crippen molar-refractivity contribution < 1.29 is 0 Å². The van der Waals surface area contributed by atoms with Crippen molar-refractivity contribution >= 4 is 16.9 Å². The molecule has 0 aliphatic rings. The van der Waals surface area contributed by atoms with E-state index >= 15 is 0 Å². The molecule has 0 heterocycles. The molecule has 0 aliphatic carbocycles. The summed E-state index contributed by atoms with van der Waals surface area (Å²) in [5, 5.41) is 8.60. The highest BCUT2D eigenvalue weighted by Crippen LogP contribution is 1.96. The maximum atomic E-state index is 8.10. The zero-order valence-electron chi connectivity index (χ0n) is 5.29. The highest BCUT2D eigenvalue weighted by atomic mass is 32.2.